The molecule has 2 saturated carbocycles. The molecule has 1 amide bonds. The number of aliphatic carboxylic acids is 1. The van der Waals surface area contributed by atoms with Gasteiger partial charge in [-0.2, -0.15) is 0 Å². The maximum absolute atomic E-state index is 11.8. The van der Waals surface area contributed by atoms with E-state index in [1.807, 2.05) is 0 Å². The Labute approximate surface area is 113 Å². The summed E-state index contributed by atoms with van der Waals surface area (Å²) in [4.78, 5) is 22.6. The summed E-state index contributed by atoms with van der Waals surface area (Å²) in [5.74, 6) is -0.443. The van der Waals surface area contributed by atoms with Crippen LogP contribution in [0.4, 0.5) is 0 Å². The van der Waals surface area contributed by atoms with Crippen molar-refractivity contribution < 1.29 is 19.4 Å². The van der Waals surface area contributed by atoms with Gasteiger partial charge in [0.05, 0.1) is 5.92 Å². The van der Waals surface area contributed by atoms with Gasteiger partial charge >= 0.3 is 5.97 Å². The van der Waals surface area contributed by atoms with Crippen molar-refractivity contribution in [2.24, 2.45) is 17.8 Å². The van der Waals surface area contributed by atoms with E-state index in [9.17, 15) is 9.59 Å². The van der Waals surface area contributed by atoms with Gasteiger partial charge in [-0.25, -0.2) is 0 Å². The summed E-state index contributed by atoms with van der Waals surface area (Å²) >= 11 is 0. The summed E-state index contributed by atoms with van der Waals surface area (Å²) in [7, 11) is 0. The molecule has 0 saturated heterocycles. The second kappa shape index (κ2) is 6.89. The fourth-order valence-corrected chi connectivity index (χ4v) is 2.51. The topological polar surface area (TPSA) is 75.6 Å². The highest BCUT2D eigenvalue weighted by Gasteiger charge is 2.33. The lowest BCUT2D eigenvalue weighted by Crippen LogP contribution is -2.31. The maximum atomic E-state index is 11.8. The molecule has 2 aliphatic rings. The smallest absolute Gasteiger partial charge is 0.306 e. The summed E-state index contributed by atoms with van der Waals surface area (Å²) in [6.07, 6.45) is 5.22. The Morgan fingerprint density at radius 3 is 2.53 bits per heavy atom. The molecule has 19 heavy (non-hydrogen) atoms. The predicted molar refractivity (Wildman–Crippen MR) is 69.6 cm³/mol. The summed E-state index contributed by atoms with van der Waals surface area (Å²) in [5, 5.41) is 11.8. The van der Waals surface area contributed by atoms with E-state index in [1.54, 1.807) is 0 Å². The number of ether oxygens (including phenoxy) is 1. The average Bonchev–Trinajstić information content (AvgIpc) is 3.06. The van der Waals surface area contributed by atoms with E-state index in [2.05, 4.69) is 5.32 Å². The third kappa shape index (κ3) is 4.82. The zero-order valence-electron chi connectivity index (χ0n) is 11.3. The highest BCUT2D eigenvalue weighted by atomic mass is 16.5. The van der Waals surface area contributed by atoms with Crippen LogP contribution >= 0.6 is 0 Å². The standard InChI is InChI=1S/C14H23NO4/c16-13(11-4-5-12(8-11)14(17)18)15-6-1-7-19-9-10-2-3-10/h10-12H,1-9H2,(H,15,16)(H,17,18)/t11-,12+/m0/s1. The Bertz CT molecular complexity index is 327. The number of rotatable bonds is 8. The predicted octanol–water partition coefficient (Wildman–Crippen LogP) is 1.42. The van der Waals surface area contributed by atoms with Crippen LogP contribution in [0.5, 0.6) is 0 Å². The van der Waals surface area contributed by atoms with Crippen molar-refractivity contribution in [3.63, 3.8) is 0 Å². The summed E-state index contributed by atoms with van der Waals surface area (Å²) in [6, 6.07) is 0. The van der Waals surface area contributed by atoms with Crippen molar-refractivity contribution in [2.75, 3.05) is 19.8 Å². The van der Waals surface area contributed by atoms with Crippen LogP contribution in [0, 0.1) is 17.8 Å². The van der Waals surface area contributed by atoms with Crippen LogP contribution in [0.2, 0.25) is 0 Å². The summed E-state index contributed by atoms with van der Waals surface area (Å²) in [5.41, 5.74) is 0. The summed E-state index contributed by atoms with van der Waals surface area (Å²) < 4.78 is 5.48. The number of hydrogen-bond acceptors (Lipinski definition) is 3. The number of carbonyl (C=O) groups excluding carboxylic acids is 1. The SMILES string of the molecule is O=C(O)[C@@H]1CC[C@H](C(=O)NCCCOCC2CC2)C1. The molecule has 0 bridgehead atoms. The third-order valence-electron chi connectivity index (χ3n) is 3.97. The highest BCUT2D eigenvalue weighted by molar-refractivity contribution is 5.80. The van der Waals surface area contributed by atoms with Crippen LogP contribution < -0.4 is 5.32 Å². The van der Waals surface area contributed by atoms with Crippen LogP contribution in [0.15, 0.2) is 0 Å². The fourth-order valence-electron chi connectivity index (χ4n) is 2.51. The molecule has 0 radical (unpaired) electrons. The van der Waals surface area contributed by atoms with Gasteiger partial charge in [-0.3, -0.25) is 9.59 Å². The van der Waals surface area contributed by atoms with E-state index in [1.165, 1.54) is 12.8 Å². The number of carboxylic acids is 1. The number of nitrogens with one attached hydrogen (secondary N) is 1. The molecule has 2 rings (SSSR count). The number of hydrogen-bond donors (Lipinski definition) is 2. The first-order valence-electron chi connectivity index (χ1n) is 7.25. The second-order valence-electron chi connectivity index (χ2n) is 5.71. The van der Waals surface area contributed by atoms with Crippen LogP contribution in [-0.4, -0.2) is 36.7 Å². The molecule has 5 heteroatoms. The molecular formula is C14H23NO4. The molecule has 0 spiro atoms. The molecule has 2 N–H and O–H groups in total. The number of carboxylic acid groups (broad SMARTS) is 1. The van der Waals surface area contributed by atoms with Gasteiger partial charge in [-0.05, 0) is 44.4 Å². The van der Waals surface area contributed by atoms with E-state index < -0.39 is 5.97 Å². The third-order valence-corrected chi connectivity index (χ3v) is 3.97. The van der Waals surface area contributed by atoms with E-state index in [4.69, 9.17) is 9.84 Å². The molecule has 0 aromatic heterocycles. The van der Waals surface area contributed by atoms with Gasteiger partial charge in [0.1, 0.15) is 0 Å². The van der Waals surface area contributed by atoms with E-state index in [-0.39, 0.29) is 17.7 Å². The van der Waals surface area contributed by atoms with Gasteiger partial charge < -0.3 is 15.2 Å². The minimum absolute atomic E-state index is 0.00550. The largest absolute Gasteiger partial charge is 0.481 e. The summed E-state index contributed by atoms with van der Waals surface area (Å²) in [6.45, 7) is 2.17. The quantitative estimate of drug-likeness (QED) is 0.653. The lowest BCUT2D eigenvalue weighted by atomic mass is 10.0. The highest BCUT2D eigenvalue weighted by Crippen LogP contribution is 2.31. The molecule has 0 heterocycles. The Hall–Kier alpha value is -1.10. The zero-order chi connectivity index (χ0) is 13.7. The normalized spacial score (nSPS) is 26.3. The van der Waals surface area contributed by atoms with Gasteiger partial charge in [-0.1, -0.05) is 0 Å². The first-order valence-corrected chi connectivity index (χ1v) is 7.25. The van der Waals surface area contributed by atoms with Gasteiger partial charge in [0, 0.05) is 25.7 Å². The molecule has 2 atom stereocenters. The van der Waals surface area contributed by atoms with Crippen molar-refractivity contribution in [1.82, 2.24) is 5.32 Å². The lowest BCUT2D eigenvalue weighted by Gasteiger charge is -2.10. The Morgan fingerprint density at radius 1 is 1.16 bits per heavy atom. The van der Waals surface area contributed by atoms with Crippen LogP contribution in [0.25, 0.3) is 0 Å². The van der Waals surface area contributed by atoms with Crippen LogP contribution in [0.1, 0.15) is 38.5 Å². The molecule has 2 fully saturated rings. The Kier molecular flexibility index (Phi) is 5.19. The maximum Gasteiger partial charge on any atom is 0.306 e. The Morgan fingerprint density at radius 2 is 1.89 bits per heavy atom. The monoisotopic (exact) mass is 269 g/mol. The van der Waals surface area contributed by atoms with Gasteiger partial charge in [0.15, 0.2) is 0 Å². The first kappa shape index (κ1) is 14.3. The molecule has 2 aliphatic carbocycles. The van der Waals surface area contributed by atoms with Crippen LogP contribution in [0.3, 0.4) is 0 Å². The fraction of sp³-hybridized carbons (Fsp3) is 0.857. The van der Waals surface area contributed by atoms with Crippen molar-refractivity contribution in [3.05, 3.63) is 0 Å². The molecule has 0 unspecified atom stereocenters. The molecule has 5 nitrogen and oxygen atoms in total. The van der Waals surface area contributed by atoms with Crippen molar-refractivity contribution in [3.8, 4) is 0 Å². The van der Waals surface area contributed by atoms with Gasteiger partial charge in [0.25, 0.3) is 0 Å². The number of amides is 1. The minimum Gasteiger partial charge on any atom is -0.481 e. The van der Waals surface area contributed by atoms with E-state index in [0.29, 0.717) is 32.4 Å². The van der Waals surface area contributed by atoms with Crippen molar-refractivity contribution >= 4 is 11.9 Å². The minimum atomic E-state index is -0.774. The van der Waals surface area contributed by atoms with Gasteiger partial charge in [-0.15, -0.1) is 0 Å². The van der Waals surface area contributed by atoms with Crippen LogP contribution in [-0.2, 0) is 14.3 Å². The molecule has 0 aromatic carbocycles. The Balaban J connectivity index is 1.50. The zero-order valence-corrected chi connectivity index (χ0v) is 11.3. The number of carbonyl (C=O) groups is 2. The van der Waals surface area contributed by atoms with E-state index in [0.717, 1.165) is 18.9 Å². The molecule has 0 aromatic rings. The molecular weight excluding hydrogens is 246 g/mol. The lowest BCUT2D eigenvalue weighted by molar-refractivity contribution is -0.141. The second-order valence-corrected chi connectivity index (χ2v) is 5.71. The van der Waals surface area contributed by atoms with Crippen molar-refractivity contribution in [1.29, 1.82) is 0 Å². The molecule has 0 aliphatic heterocycles. The van der Waals surface area contributed by atoms with E-state index >= 15 is 0 Å². The van der Waals surface area contributed by atoms with Gasteiger partial charge in [0.2, 0.25) is 5.91 Å². The van der Waals surface area contributed by atoms with Crippen molar-refractivity contribution in [2.45, 2.75) is 38.5 Å². The molecule has 108 valence electrons. The average molecular weight is 269 g/mol. The first-order chi connectivity index (χ1) is 9.16.